The maximum Gasteiger partial charge on any atom is 0.255 e. The predicted molar refractivity (Wildman–Crippen MR) is 115 cm³/mol. The van der Waals surface area contributed by atoms with Crippen LogP contribution < -0.4 is 11.1 Å². The Labute approximate surface area is 168 Å². The van der Waals surface area contributed by atoms with Crippen LogP contribution >= 0.6 is 11.6 Å². The summed E-state index contributed by atoms with van der Waals surface area (Å²) in [6, 6.07) is 19.1. The van der Waals surface area contributed by atoms with Gasteiger partial charge in [0.1, 0.15) is 0 Å². The second kappa shape index (κ2) is 8.55. The first kappa shape index (κ1) is 19.4. The molecule has 3 N–H and O–H groups in total. The van der Waals surface area contributed by atoms with Crippen LogP contribution in [0.1, 0.15) is 31.8 Å². The highest BCUT2D eigenvalue weighted by Gasteiger charge is 2.09. The van der Waals surface area contributed by atoms with Gasteiger partial charge in [0, 0.05) is 16.1 Å². The summed E-state index contributed by atoms with van der Waals surface area (Å²) in [6.07, 6.45) is 3.19. The summed E-state index contributed by atoms with van der Waals surface area (Å²) in [6.45, 7) is 1.93. The Morgan fingerprint density at radius 3 is 2.29 bits per heavy atom. The number of aryl methyl sites for hydroxylation is 1. The number of rotatable bonds is 5. The number of hydrogen-bond acceptors (Lipinski definition) is 3. The van der Waals surface area contributed by atoms with Gasteiger partial charge in [-0.1, -0.05) is 48.0 Å². The Morgan fingerprint density at radius 1 is 0.929 bits per heavy atom. The van der Waals surface area contributed by atoms with Crippen LogP contribution in [0.3, 0.4) is 0 Å². The fraction of sp³-hybridized carbons (Fsp3) is 0.0435. The molecule has 3 aromatic carbocycles. The minimum Gasteiger partial charge on any atom is -0.397 e. The summed E-state index contributed by atoms with van der Waals surface area (Å²) in [5, 5.41) is 3.35. The number of hydrogen-bond donors (Lipinski definition) is 2. The van der Waals surface area contributed by atoms with E-state index < -0.39 is 0 Å². The molecular formula is C23H19ClN2O2. The van der Waals surface area contributed by atoms with Crippen LogP contribution in [0.4, 0.5) is 11.4 Å². The standard InChI is InChI=1S/C23H19ClN2O2/c1-15-5-4-6-19(24)18(15)13-14-22(27)16-9-11-17(12-10-16)23(28)26-21-8-3-2-7-20(21)25/h2-14H,25H2,1H3,(H,26,28)/b14-13+. The second-order valence-electron chi connectivity index (χ2n) is 6.29. The van der Waals surface area contributed by atoms with Crippen LogP contribution in [0.15, 0.2) is 72.8 Å². The molecular weight excluding hydrogens is 372 g/mol. The van der Waals surface area contributed by atoms with Gasteiger partial charge in [-0.25, -0.2) is 0 Å². The van der Waals surface area contributed by atoms with Crippen molar-refractivity contribution < 1.29 is 9.59 Å². The molecule has 0 saturated heterocycles. The van der Waals surface area contributed by atoms with E-state index >= 15 is 0 Å². The molecule has 0 atom stereocenters. The number of nitrogen functional groups attached to an aromatic ring is 1. The predicted octanol–water partition coefficient (Wildman–Crippen LogP) is 5.38. The van der Waals surface area contributed by atoms with Gasteiger partial charge in [-0.05, 0) is 60.5 Å². The van der Waals surface area contributed by atoms with Crippen molar-refractivity contribution in [2.75, 3.05) is 11.1 Å². The highest BCUT2D eigenvalue weighted by atomic mass is 35.5. The zero-order chi connectivity index (χ0) is 20.1. The van der Waals surface area contributed by atoms with E-state index in [-0.39, 0.29) is 11.7 Å². The van der Waals surface area contributed by atoms with Gasteiger partial charge >= 0.3 is 0 Å². The van der Waals surface area contributed by atoms with E-state index in [0.29, 0.717) is 27.5 Å². The molecule has 0 bridgehead atoms. The summed E-state index contributed by atoms with van der Waals surface area (Å²) in [7, 11) is 0. The van der Waals surface area contributed by atoms with Crippen molar-refractivity contribution in [2.24, 2.45) is 0 Å². The molecule has 0 saturated carbocycles. The number of benzene rings is 3. The first-order valence-electron chi connectivity index (χ1n) is 8.69. The number of carbonyl (C=O) groups is 2. The highest BCUT2D eigenvalue weighted by Crippen LogP contribution is 2.21. The molecule has 0 aliphatic carbocycles. The first-order valence-corrected chi connectivity index (χ1v) is 9.07. The van der Waals surface area contributed by atoms with E-state index in [2.05, 4.69) is 5.32 Å². The molecule has 0 radical (unpaired) electrons. The molecule has 0 unspecified atom stereocenters. The largest absolute Gasteiger partial charge is 0.397 e. The number of anilines is 2. The Kier molecular flexibility index (Phi) is 5.92. The lowest BCUT2D eigenvalue weighted by Crippen LogP contribution is -2.13. The highest BCUT2D eigenvalue weighted by molar-refractivity contribution is 6.32. The van der Waals surface area contributed by atoms with Gasteiger partial charge in [0.05, 0.1) is 11.4 Å². The lowest BCUT2D eigenvalue weighted by atomic mass is 10.0. The molecule has 0 spiro atoms. The zero-order valence-corrected chi connectivity index (χ0v) is 16.0. The SMILES string of the molecule is Cc1cccc(Cl)c1/C=C/C(=O)c1ccc(C(=O)Nc2ccccc2N)cc1. The summed E-state index contributed by atoms with van der Waals surface area (Å²) in [4.78, 5) is 24.8. The van der Waals surface area contributed by atoms with Crippen LogP contribution in [0.2, 0.25) is 5.02 Å². The Morgan fingerprint density at radius 2 is 1.61 bits per heavy atom. The summed E-state index contributed by atoms with van der Waals surface area (Å²) >= 11 is 6.18. The van der Waals surface area contributed by atoms with E-state index in [9.17, 15) is 9.59 Å². The molecule has 28 heavy (non-hydrogen) atoms. The van der Waals surface area contributed by atoms with Gasteiger partial charge in [-0.2, -0.15) is 0 Å². The van der Waals surface area contributed by atoms with Crippen LogP contribution in [-0.2, 0) is 0 Å². The van der Waals surface area contributed by atoms with Crippen molar-refractivity contribution in [3.63, 3.8) is 0 Å². The first-order chi connectivity index (χ1) is 13.5. The van der Waals surface area contributed by atoms with E-state index in [1.807, 2.05) is 19.1 Å². The topological polar surface area (TPSA) is 72.2 Å². The Hall–Kier alpha value is -3.37. The maximum atomic E-state index is 12.4. The molecule has 5 heteroatoms. The molecule has 0 aliphatic rings. The minimum atomic E-state index is -0.292. The van der Waals surface area contributed by atoms with Crippen LogP contribution in [0.5, 0.6) is 0 Å². The average molecular weight is 391 g/mol. The number of allylic oxidation sites excluding steroid dienone is 1. The van der Waals surface area contributed by atoms with Crippen molar-refractivity contribution in [2.45, 2.75) is 6.92 Å². The normalized spacial score (nSPS) is 10.8. The van der Waals surface area contributed by atoms with Gasteiger partial charge in [0.2, 0.25) is 0 Å². The van der Waals surface area contributed by atoms with E-state index in [4.69, 9.17) is 17.3 Å². The maximum absolute atomic E-state index is 12.4. The number of ketones is 1. The molecule has 0 aliphatic heterocycles. The lowest BCUT2D eigenvalue weighted by Gasteiger charge is -2.08. The molecule has 0 heterocycles. The molecule has 140 valence electrons. The third kappa shape index (κ3) is 4.48. The lowest BCUT2D eigenvalue weighted by molar-refractivity contribution is 0.102. The fourth-order valence-electron chi connectivity index (χ4n) is 2.70. The van der Waals surface area contributed by atoms with Crippen molar-refractivity contribution in [3.05, 3.63) is 100 Å². The van der Waals surface area contributed by atoms with E-state index in [1.54, 1.807) is 60.7 Å². The van der Waals surface area contributed by atoms with Gasteiger partial charge in [0.25, 0.3) is 5.91 Å². The number of para-hydroxylation sites is 2. The van der Waals surface area contributed by atoms with Crippen molar-refractivity contribution in [3.8, 4) is 0 Å². The molecule has 1 amide bonds. The number of halogens is 1. The fourth-order valence-corrected chi connectivity index (χ4v) is 2.99. The average Bonchev–Trinajstić information content (AvgIpc) is 2.69. The number of nitrogens with two attached hydrogens (primary N) is 1. The van der Waals surface area contributed by atoms with Gasteiger partial charge in [-0.3, -0.25) is 9.59 Å². The van der Waals surface area contributed by atoms with Gasteiger partial charge in [-0.15, -0.1) is 0 Å². The summed E-state index contributed by atoms with van der Waals surface area (Å²) < 4.78 is 0. The molecule has 3 aromatic rings. The third-order valence-corrected chi connectivity index (χ3v) is 4.64. The molecule has 4 nitrogen and oxygen atoms in total. The smallest absolute Gasteiger partial charge is 0.255 e. The van der Waals surface area contributed by atoms with Crippen LogP contribution in [0.25, 0.3) is 6.08 Å². The van der Waals surface area contributed by atoms with Crippen molar-refractivity contribution in [1.29, 1.82) is 0 Å². The number of nitrogens with one attached hydrogen (secondary N) is 1. The Balaban J connectivity index is 1.71. The molecule has 3 rings (SSSR count). The van der Waals surface area contributed by atoms with Crippen molar-refractivity contribution in [1.82, 2.24) is 0 Å². The van der Waals surface area contributed by atoms with E-state index in [0.717, 1.165) is 11.1 Å². The number of amides is 1. The van der Waals surface area contributed by atoms with Crippen molar-refractivity contribution >= 4 is 40.7 Å². The molecule has 0 fully saturated rings. The van der Waals surface area contributed by atoms with Crippen LogP contribution in [0, 0.1) is 6.92 Å². The number of carbonyl (C=O) groups excluding carboxylic acids is 2. The second-order valence-corrected chi connectivity index (χ2v) is 6.69. The zero-order valence-electron chi connectivity index (χ0n) is 15.3. The molecule has 0 aromatic heterocycles. The van der Waals surface area contributed by atoms with Crippen LogP contribution in [-0.4, -0.2) is 11.7 Å². The van der Waals surface area contributed by atoms with Gasteiger partial charge in [0.15, 0.2) is 5.78 Å². The Bertz CT molecular complexity index is 1040. The van der Waals surface area contributed by atoms with E-state index in [1.165, 1.54) is 6.08 Å². The minimum absolute atomic E-state index is 0.168. The third-order valence-electron chi connectivity index (χ3n) is 4.31. The quantitative estimate of drug-likeness (QED) is 0.349. The monoisotopic (exact) mass is 390 g/mol. The summed E-state index contributed by atoms with van der Waals surface area (Å²) in [5.41, 5.74) is 9.59. The summed E-state index contributed by atoms with van der Waals surface area (Å²) in [5.74, 6) is -0.460. The van der Waals surface area contributed by atoms with Gasteiger partial charge < -0.3 is 11.1 Å².